The second kappa shape index (κ2) is 24.1. The fourth-order valence-electron chi connectivity index (χ4n) is 6.78. The molecular formula is C50H65N11. The molecule has 61 heavy (non-hydrogen) atoms. The Morgan fingerprint density at radius 3 is 1.90 bits per heavy atom. The van der Waals surface area contributed by atoms with Crippen LogP contribution in [-0.2, 0) is 6.54 Å². The number of nitrogens with one attached hydrogen (secondary N) is 4. The number of likely N-dealkylation sites (N-methyl/N-ethyl adjacent to an activating group) is 3. The predicted octanol–water partition coefficient (Wildman–Crippen LogP) is 8.77. The van der Waals surface area contributed by atoms with Gasteiger partial charge in [0.05, 0.1) is 40.5 Å². The number of nitrogens with two attached hydrogens (primary N) is 1. The maximum atomic E-state index is 8.31. The number of piperazine rings is 2. The van der Waals surface area contributed by atoms with Gasteiger partial charge in [0.1, 0.15) is 0 Å². The molecule has 0 atom stereocenters. The molecule has 2 aromatic heterocycles. The second-order valence-corrected chi connectivity index (χ2v) is 15.0. The molecule has 2 fully saturated rings. The zero-order valence-electron chi connectivity index (χ0n) is 36.9. The lowest BCUT2D eigenvalue weighted by molar-refractivity contribution is 0.181. The molecule has 8 rings (SSSR count). The minimum absolute atomic E-state index is 0.378. The molecule has 2 saturated heterocycles. The number of pyridine rings is 1. The first-order chi connectivity index (χ1) is 29.7. The van der Waals surface area contributed by atoms with Gasteiger partial charge in [-0.25, -0.2) is 0 Å². The van der Waals surface area contributed by atoms with Gasteiger partial charge in [-0.15, -0.1) is 0 Å². The Morgan fingerprint density at radius 2 is 1.31 bits per heavy atom. The normalized spacial score (nSPS) is 14.7. The van der Waals surface area contributed by atoms with Gasteiger partial charge >= 0.3 is 0 Å². The number of aromatic nitrogens is 3. The highest BCUT2D eigenvalue weighted by Gasteiger charge is 2.19. The third kappa shape index (κ3) is 14.2. The van der Waals surface area contributed by atoms with Gasteiger partial charge in [0.15, 0.2) is 0 Å². The Balaban J connectivity index is 0.000000189. The molecule has 6 aromatic rings. The van der Waals surface area contributed by atoms with E-state index in [2.05, 4.69) is 103 Å². The number of nitrogens with zero attached hydrogens (tertiary/aromatic N) is 6. The Bertz CT molecular complexity index is 2240. The summed E-state index contributed by atoms with van der Waals surface area (Å²) in [6, 6.07) is 36.1. The summed E-state index contributed by atoms with van der Waals surface area (Å²) in [5.74, 6) is 0. The summed E-state index contributed by atoms with van der Waals surface area (Å²) in [5, 5.41) is 23.8. The molecule has 0 bridgehead atoms. The SMILES string of the molecule is CC.CN1CCN(C)CC1.CNc1cc2c(/C=C/c3ccccc3)n[nH]c2cc1N1CCN(C)CC1.N=C(/C=C/c1ccccc1)c1cc(NCc2ccccn2)ccc1N. The average molecular weight is 820 g/mol. The van der Waals surface area contributed by atoms with E-state index in [0.29, 0.717) is 23.5 Å². The van der Waals surface area contributed by atoms with Crippen molar-refractivity contribution in [3.63, 3.8) is 0 Å². The molecule has 4 aromatic carbocycles. The van der Waals surface area contributed by atoms with Gasteiger partial charge in [-0.3, -0.25) is 10.1 Å². The fraction of sp³-hybridized carbons (Fsp3) is 0.300. The first kappa shape index (κ1) is 45.8. The monoisotopic (exact) mass is 820 g/mol. The highest BCUT2D eigenvalue weighted by atomic mass is 15.3. The first-order valence-electron chi connectivity index (χ1n) is 21.3. The molecule has 0 spiro atoms. The molecule has 6 N–H and O–H groups in total. The summed E-state index contributed by atoms with van der Waals surface area (Å²) in [7, 11) is 8.51. The molecule has 2 aliphatic rings. The van der Waals surface area contributed by atoms with Crippen LogP contribution in [-0.4, -0.2) is 116 Å². The van der Waals surface area contributed by atoms with Gasteiger partial charge in [-0.1, -0.05) is 92.7 Å². The first-order valence-corrected chi connectivity index (χ1v) is 21.3. The number of hydrogen-bond donors (Lipinski definition) is 5. The topological polar surface area (TPSA) is 128 Å². The summed E-state index contributed by atoms with van der Waals surface area (Å²) in [5.41, 5.74) is 16.3. The lowest BCUT2D eigenvalue weighted by atomic mass is 10.1. The highest BCUT2D eigenvalue weighted by molar-refractivity contribution is 6.12. The number of H-pyrrole nitrogens is 1. The zero-order chi connectivity index (χ0) is 43.4. The molecule has 4 heterocycles. The maximum Gasteiger partial charge on any atom is 0.0928 e. The van der Waals surface area contributed by atoms with Crippen molar-refractivity contribution >= 4 is 57.6 Å². The summed E-state index contributed by atoms with van der Waals surface area (Å²) in [6.45, 7) is 13.8. The van der Waals surface area contributed by atoms with Gasteiger partial charge in [0, 0.05) is 87.9 Å². The number of fused-ring (bicyclic) bond motifs is 1. The molecule has 0 aliphatic carbocycles. The van der Waals surface area contributed by atoms with Gasteiger partial charge in [-0.05, 0) is 86.9 Å². The quantitative estimate of drug-likeness (QED) is 0.0681. The molecule has 320 valence electrons. The Morgan fingerprint density at radius 1 is 0.721 bits per heavy atom. The summed E-state index contributed by atoms with van der Waals surface area (Å²) in [4.78, 5) is 13.8. The molecule has 0 amide bonds. The largest absolute Gasteiger partial charge is 0.398 e. The Kier molecular flexibility index (Phi) is 18.1. The number of nitrogen functional groups attached to an aromatic ring is 1. The molecule has 11 heteroatoms. The van der Waals surface area contributed by atoms with Crippen LogP contribution in [0.4, 0.5) is 22.7 Å². The second-order valence-electron chi connectivity index (χ2n) is 15.0. The van der Waals surface area contributed by atoms with E-state index in [1.165, 1.54) is 37.4 Å². The van der Waals surface area contributed by atoms with E-state index in [0.717, 1.165) is 65.4 Å². The van der Waals surface area contributed by atoms with E-state index in [9.17, 15) is 0 Å². The van der Waals surface area contributed by atoms with Crippen molar-refractivity contribution in [3.8, 4) is 0 Å². The third-order valence-electron chi connectivity index (χ3n) is 10.6. The van der Waals surface area contributed by atoms with Gasteiger partial charge in [0.2, 0.25) is 0 Å². The smallest absolute Gasteiger partial charge is 0.0928 e. The van der Waals surface area contributed by atoms with Crippen LogP contribution in [0.15, 0.2) is 121 Å². The summed E-state index contributed by atoms with van der Waals surface area (Å²) < 4.78 is 0. The number of benzene rings is 4. The zero-order valence-corrected chi connectivity index (χ0v) is 36.9. The van der Waals surface area contributed by atoms with E-state index >= 15 is 0 Å². The van der Waals surface area contributed by atoms with Crippen molar-refractivity contribution in [1.29, 1.82) is 5.41 Å². The predicted molar refractivity (Wildman–Crippen MR) is 262 cm³/mol. The highest BCUT2D eigenvalue weighted by Crippen LogP contribution is 2.33. The molecule has 0 saturated carbocycles. The summed E-state index contributed by atoms with van der Waals surface area (Å²) >= 11 is 0. The van der Waals surface area contributed by atoms with Crippen molar-refractivity contribution in [3.05, 3.63) is 150 Å². The van der Waals surface area contributed by atoms with E-state index in [1.807, 2.05) is 112 Å². The lowest BCUT2D eigenvalue weighted by Crippen LogP contribution is -2.44. The molecule has 2 aliphatic heterocycles. The third-order valence-corrected chi connectivity index (χ3v) is 10.6. The van der Waals surface area contributed by atoms with Crippen LogP contribution in [0.25, 0.3) is 29.1 Å². The van der Waals surface area contributed by atoms with E-state index < -0.39 is 0 Å². The number of aromatic amines is 1. The van der Waals surface area contributed by atoms with Crippen molar-refractivity contribution in [2.45, 2.75) is 20.4 Å². The lowest BCUT2D eigenvalue weighted by Gasteiger charge is -2.35. The van der Waals surface area contributed by atoms with Crippen LogP contribution in [0.5, 0.6) is 0 Å². The van der Waals surface area contributed by atoms with E-state index in [4.69, 9.17) is 11.1 Å². The van der Waals surface area contributed by atoms with Crippen LogP contribution in [0.3, 0.4) is 0 Å². The van der Waals surface area contributed by atoms with Gasteiger partial charge < -0.3 is 41.4 Å². The van der Waals surface area contributed by atoms with Crippen LogP contribution in [0.1, 0.15) is 41.9 Å². The van der Waals surface area contributed by atoms with Crippen LogP contribution >= 0.6 is 0 Å². The van der Waals surface area contributed by atoms with Crippen molar-refractivity contribution in [2.75, 3.05) is 102 Å². The van der Waals surface area contributed by atoms with Crippen molar-refractivity contribution < 1.29 is 0 Å². The minimum Gasteiger partial charge on any atom is -0.398 e. The average Bonchev–Trinajstić information content (AvgIpc) is 3.71. The fourth-order valence-corrected chi connectivity index (χ4v) is 6.78. The maximum absolute atomic E-state index is 8.31. The van der Waals surface area contributed by atoms with Crippen LogP contribution in [0.2, 0.25) is 0 Å². The van der Waals surface area contributed by atoms with Crippen molar-refractivity contribution in [2.24, 2.45) is 0 Å². The summed E-state index contributed by atoms with van der Waals surface area (Å²) in [6.07, 6.45) is 9.63. The minimum atomic E-state index is 0.378. The Labute approximate surface area is 363 Å². The van der Waals surface area contributed by atoms with Crippen LogP contribution in [0, 0.1) is 5.41 Å². The number of hydrogen-bond acceptors (Lipinski definition) is 10. The van der Waals surface area contributed by atoms with Crippen molar-refractivity contribution in [1.82, 2.24) is 29.9 Å². The van der Waals surface area contributed by atoms with E-state index in [-0.39, 0.29) is 0 Å². The molecule has 11 nitrogen and oxygen atoms in total. The van der Waals surface area contributed by atoms with Gasteiger partial charge in [-0.2, -0.15) is 5.10 Å². The van der Waals surface area contributed by atoms with Crippen LogP contribution < -0.4 is 21.3 Å². The van der Waals surface area contributed by atoms with Gasteiger partial charge in [0.25, 0.3) is 0 Å². The molecule has 0 unspecified atom stereocenters. The number of anilines is 4. The molecular weight excluding hydrogens is 755 g/mol. The molecule has 0 radical (unpaired) electrons. The van der Waals surface area contributed by atoms with E-state index in [1.54, 1.807) is 12.3 Å². The number of allylic oxidation sites excluding steroid dienone is 1. The number of rotatable bonds is 10. The standard InChI is InChI=1S/C21H25N5.C21H20N4.C6H14N2.C2H6/c1-22-20-14-17-18(9-8-16-6-4-3-5-7-16)23-24-19(17)15-21(20)26-12-10-25(2)11-13-26;22-20(11-9-16-6-2-1-3-7-16)19-14-17(10-12-21(19)23)25-15-18-8-4-5-13-24-18;1-7-3-5-8(2)6-4-7;1-2/h3-9,14-15,22H,10-13H2,1-2H3,(H,23,24);1-14,22,25H,15,23H2;3-6H2,1-2H3;1-2H3/b9-8+;11-9+,22-20?;;. The Hall–Kier alpha value is -6.27.